The average Bonchev–Trinajstić information content (AvgIpc) is 2.28. The summed E-state index contributed by atoms with van der Waals surface area (Å²) in [5, 5.41) is 0. The van der Waals surface area contributed by atoms with Gasteiger partial charge in [0.1, 0.15) is 0 Å². The molecule has 1 heterocycles. The first-order chi connectivity index (χ1) is 8.08. The second-order valence-corrected chi connectivity index (χ2v) is 5.48. The first-order valence-corrected chi connectivity index (χ1v) is 6.79. The Morgan fingerprint density at radius 1 is 1.53 bits per heavy atom. The van der Waals surface area contributed by atoms with Crippen molar-refractivity contribution in [2.75, 3.05) is 24.6 Å². The Morgan fingerprint density at radius 2 is 2.29 bits per heavy atom. The highest BCUT2D eigenvalue weighted by molar-refractivity contribution is 9.10. The Labute approximate surface area is 111 Å². The monoisotopic (exact) mass is 298 g/mol. The molecule has 0 aliphatic carbocycles. The number of morpholine rings is 1. The standard InChI is InChI=1S/C13H19BrN2O/c1-9-8-16(5-6-17-9)11-3-4-12(10(2)15)13(14)7-11/h3-4,7,9-10H,5-6,8,15H2,1-2H3/t9?,10-/m1/s1. The molecule has 0 radical (unpaired) electrons. The van der Waals surface area contributed by atoms with Crippen LogP contribution in [-0.4, -0.2) is 25.8 Å². The van der Waals surface area contributed by atoms with Gasteiger partial charge in [-0.3, -0.25) is 0 Å². The fourth-order valence-corrected chi connectivity index (χ4v) is 2.86. The fourth-order valence-electron chi connectivity index (χ4n) is 2.13. The van der Waals surface area contributed by atoms with Gasteiger partial charge in [-0.05, 0) is 31.5 Å². The Balaban J connectivity index is 2.19. The van der Waals surface area contributed by atoms with Crippen molar-refractivity contribution in [3.05, 3.63) is 28.2 Å². The second-order valence-electron chi connectivity index (χ2n) is 4.62. The molecule has 0 spiro atoms. The van der Waals surface area contributed by atoms with E-state index in [0.717, 1.165) is 29.7 Å². The van der Waals surface area contributed by atoms with Crippen LogP contribution in [0, 0.1) is 0 Å². The summed E-state index contributed by atoms with van der Waals surface area (Å²) in [6.07, 6.45) is 0.302. The Morgan fingerprint density at radius 3 is 2.88 bits per heavy atom. The van der Waals surface area contributed by atoms with Gasteiger partial charge < -0.3 is 15.4 Å². The van der Waals surface area contributed by atoms with Crippen LogP contribution < -0.4 is 10.6 Å². The van der Waals surface area contributed by atoms with Crippen molar-refractivity contribution in [2.24, 2.45) is 5.73 Å². The Bertz CT molecular complexity index is 395. The minimum atomic E-state index is 0.0574. The molecule has 1 aromatic carbocycles. The van der Waals surface area contributed by atoms with E-state index in [9.17, 15) is 0 Å². The highest BCUT2D eigenvalue weighted by atomic mass is 79.9. The van der Waals surface area contributed by atoms with Crippen LogP contribution in [0.15, 0.2) is 22.7 Å². The number of hydrogen-bond donors (Lipinski definition) is 1. The van der Waals surface area contributed by atoms with E-state index in [1.165, 1.54) is 5.69 Å². The molecule has 17 heavy (non-hydrogen) atoms. The van der Waals surface area contributed by atoms with Crippen molar-refractivity contribution in [3.8, 4) is 0 Å². The summed E-state index contributed by atoms with van der Waals surface area (Å²) in [6, 6.07) is 6.45. The van der Waals surface area contributed by atoms with E-state index >= 15 is 0 Å². The molecule has 0 saturated carbocycles. The number of rotatable bonds is 2. The van der Waals surface area contributed by atoms with Crippen LogP contribution in [0.5, 0.6) is 0 Å². The maximum Gasteiger partial charge on any atom is 0.0722 e. The molecule has 0 aromatic heterocycles. The molecule has 1 fully saturated rings. The molecule has 94 valence electrons. The predicted octanol–water partition coefficient (Wildman–Crippen LogP) is 2.69. The summed E-state index contributed by atoms with van der Waals surface area (Å²) in [7, 11) is 0. The number of nitrogens with zero attached hydrogens (tertiary/aromatic N) is 1. The normalized spacial score (nSPS) is 22.6. The quantitative estimate of drug-likeness (QED) is 0.912. The number of hydrogen-bond acceptors (Lipinski definition) is 3. The molecule has 4 heteroatoms. The van der Waals surface area contributed by atoms with Crippen LogP contribution in [0.1, 0.15) is 25.5 Å². The number of nitrogens with two attached hydrogens (primary N) is 1. The SMILES string of the molecule is CC1CN(c2ccc([C@@H](C)N)c(Br)c2)CCO1. The zero-order valence-corrected chi connectivity index (χ0v) is 11.9. The first kappa shape index (κ1) is 12.9. The molecule has 0 bridgehead atoms. The Hall–Kier alpha value is -0.580. The second kappa shape index (κ2) is 5.38. The van der Waals surface area contributed by atoms with Gasteiger partial charge in [0.25, 0.3) is 0 Å². The summed E-state index contributed by atoms with van der Waals surface area (Å²) in [6.45, 7) is 6.81. The van der Waals surface area contributed by atoms with Crippen LogP contribution in [0.2, 0.25) is 0 Å². The first-order valence-electron chi connectivity index (χ1n) is 5.99. The highest BCUT2D eigenvalue weighted by Gasteiger charge is 2.17. The van der Waals surface area contributed by atoms with E-state index in [0.29, 0.717) is 6.10 Å². The predicted molar refractivity (Wildman–Crippen MR) is 74.4 cm³/mol. The van der Waals surface area contributed by atoms with Gasteiger partial charge in [0.15, 0.2) is 0 Å². The molecule has 0 amide bonds. The molecule has 1 aromatic rings. The summed E-state index contributed by atoms with van der Waals surface area (Å²) in [5.41, 5.74) is 8.28. The van der Waals surface area contributed by atoms with Gasteiger partial charge in [-0.1, -0.05) is 22.0 Å². The zero-order valence-electron chi connectivity index (χ0n) is 10.3. The molecule has 2 atom stereocenters. The van der Waals surface area contributed by atoms with Gasteiger partial charge in [-0.2, -0.15) is 0 Å². The Kier molecular flexibility index (Phi) is 4.07. The molecule has 2 rings (SSSR count). The van der Waals surface area contributed by atoms with Gasteiger partial charge in [0.05, 0.1) is 12.7 Å². The van der Waals surface area contributed by atoms with E-state index in [1.54, 1.807) is 0 Å². The molecule has 3 nitrogen and oxygen atoms in total. The average molecular weight is 299 g/mol. The van der Waals surface area contributed by atoms with E-state index in [-0.39, 0.29) is 6.04 Å². The zero-order chi connectivity index (χ0) is 12.4. The minimum Gasteiger partial charge on any atom is -0.375 e. The van der Waals surface area contributed by atoms with E-state index < -0.39 is 0 Å². The number of anilines is 1. The van der Waals surface area contributed by atoms with Gasteiger partial charge in [-0.25, -0.2) is 0 Å². The third-order valence-corrected chi connectivity index (χ3v) is 3.77. The lowest BCUT2D eigenvalue weighted by atomic mass is 10.1. The molecular formula is C13H19BrN2O. The highest BCUT2D eigenvalue weighted by Crippen LogP contribution is 2.28. The summed E-state index contributed by atoms with van der Waals surface area (Å²) in [5.74, 6) is 0. The lowest BCUT2D eigenvalue weighted by Gasteiger charge is -2.33. The lowest BCUT2D eigenvalue weighted by molar-refractivity contribution is 0.0532. The van der Waals surface area contributed by atoms with Gasteiger partial charge in [-0.15, -0.1) is 0 Å². The largest absolute Gasteiger partial charge is 0.375 e. The van der Waals surface area contributed by atoms with Gasteiger partial charge >= 0.3 is 0 Å². The smallest absolute Gasteiger partial charge is 0.0722 e. The van der Waals surface area contributed by atoms with Gasteiger partial charge in [0, 0.05) is 29.3 Å². The number of halogens is 1. The van der Waals surface area contributed by atoms with Gasteiger partial charge in [0.2, 0.25) is 0 Å². The van der Waals surface area contributed by atoms with Crippen LogP contribution in [0.3, 0.4) is 0 Å². The van der Waals surface area contributed by atoms with Crippen molar-refractivity contribution >= 4 is 21.6 Å². The van der Waals surface area contributed by atoms with E-state index in [4.69, 9.17) is 10.5 Å². The maximum atomic E-state index is 5.90. The molecular weight excluding hydrogens is 280 g/mol. The third-order valence-electron chi connectivity index (χ3n) is 3.08. The number of benzene rings is 1. The molecule has 1 saturated heterocycles. The molecule has 2 N–H and O–H groups in total. The van der Waals surface area contributed by atoms with E-state index in [2.05, 4.69) is 46.0 Å². The summed E-state index contributed by atoms with van der Waals surface area (Å²) in [4.78, 5) is 2.35. The molecule has 1 aliphatic rings. The van der Waals surface area contributed by atoms with Crippen molar-refractivity contribution in [1.82, 2.24) is 0 Å². The summed E-state index contributed by atoms with van der Waals surface area (Å²) >= 11 is 3.59. The third kappa shape index (κ3) is 3.00. The fraction of sp³-hybridized carbons (Fsp3) is 0.538. The van der Waals surface area contributed by atoms with Crippen LogP contribution in [0.25, 0.3) is 0 Å². The van der Waals surface area contributed by atoms with Crippen LogP contribution in [-0.2, 0) is 4.74 Å². The van der Waals surface area contributed by atoms with Crippen molar-refractivity contribution in [2.45, 2.75) is 26.0 Å². The van der Waals surface area contributed by atoms with Crippen LogP contribution >= 0.6 is 15.9 Å². The molecule has 1 unspecified atom stereocenters. The lowest BCUT2D eigenvalue weighted by Crippen LogP contribution is -2.41. The maximum absolute atomic E-state index is 5.90. The summed E-state index contributed by atoms with van der Waals surface area (Å²) < 4.78 is 6.64. The minimum absolute atomic E-state index is 0.0574. The topological polar surface area (TPSA) is 38.5 Å². The van der Waals surface area contributed by atoms with Crippen molar-refractivity contribution in [1.29, 1.82) is 0 Å². The van der Waals surface area contributed by atoms with Crippen molar-refractivity contribution < 1.29 is 4.74 Å². The van der Waals surface area contributed by atoms with Crippen molar-refractivity contribution in [3.63, 3.8) is 0 Å². The van der Waals surface area contributed by atoms with Crippen LogP contribution in [0.4, 0.5) is 5.69 Å². The van der Waals surface area contributed by atoms with E-state index in [1.807, 2.05) is 6.92 Å². The molecule has 1 aliphatic heterocycles. The number of ether oxygens (including phenoxy) is 1.